The number of piperidine rings is 1. The maximum Gasteiger partial charge on any atom is 0.416 e. The van der Waals surface area contributed by atoms with Crippen molar-refractivity contribution < 1.29 is 50.3 Å². The number of methoxy groups -OCH3 is 1. The molecule has 0 radical (unpaired) electrons. The van der Waals surface area contributed by atoms with Gasteiger partial charge in [0.15, 0.2) is 11.6 Å². The van der Waals surface area contributed by atoms with Crippen molar-refractivity contribution in [2.45, 2.75) is 49.9 Å². The van der Waals surface area contributed by atoms with Crippen LogP contribution in [0.25, 0.3) is 11.1 Å². The fourth-order valence-corrected chi connectivity index (χ4v) is 7.38. The summed E-state index contributed by atoms with van der Waals surface area (Å²) < 4.78 is 158. The zero-order valence-corrected chi connectivity index (χ0v) is 29.1. The number of amides is 1. The third-order valence-corrected chi connectivity index (χ3v) is 10.2. The molecular formula is C41H42F5N3O3S. The topological polar surface area (TPSA) is 56.2 Å². The number of halogens is 5. The minimum absolute atomic E-state index is 0.0461. The van der Waals surface area contributed by atoms with Gasteiger partial charge in [0.25, 0.3) is 0 Å². The zero-order chi connectivity index (χ0) is 46.5. The number of fused-ring (bicyclic) bond motifs is 1. The van der Waals surface area contributed by atoms with Crippen LogP contribution in [0.4, 0.5) is 27.6 Å². The summed E-state index contributed by atoms with van der Waals surface area (Å²) in [6, 6.07) is 16.9. The van der Waals surface area contributed by atoms with Crippen LogP contribution in [0.5, 0.6) is 0 Å². The SMILES string of the molecule is [2H]C([2H])([2H])OC([2H])([2H])C([2H])([2H])N1CCC(N(C(=O)C([2H])([2H])N2C(SCc3cccc(F)c3F)=CC(O)c3ccccc32)C([2H])(C)c2ccc(-c3ccc(C(F)(F)F)cc3)cc2)CC1. The summed E-state index contributed by atoms with van der Waals surface area (Å²) in [5, 5.41) is 11.1. The number of hydrogen-bond acceptors (Lipinski definition) is 6. The summed E-state index contributed by atoms with van der Waals surface area (Å²) in [6.45, 7) is -8.74. The number of benzene rings is 4. The molecule has 280 valence electrons. The van der Waals surface area contributed by atoms with Crippen molar-refractivity contribution >= 4 is 23.4 Å². The standard InChI is InChI=1S/C41H42F5N3O3S/c1-27(28-10-12-29(13-11-28)30-14-16-32(17-15-30)41(44,45)46)49(33-18-20-47(21-19-33)22-23-52-2)38(51)25-48-36-9-4-3-7-34(36)37(50)24-39(48)53-26-31-6-5-8-35(42)40(31)43/h3-17,24,27,33,37,50H,18-23,25-26H2,1-2H3/i2D3,22D2,23D2,25D2,27D. The van der Waals surface area contributed by atoms with Crippen LogP contribution < -0.4 is 4.90 Å². The Morgan fingerprint density at radius 1 is 1.02 bits per heavy atom. The average Bonchev–Trinajstić information content (AvgIpc) is 3.20. The van der Waals surface area contributed by atoms with Crippen LogP contribution in [0.2, 0.25) is 0 Å². The first-order chi connectivity index (χ1) is 29.2. The minimum Gasteiger partial charge on any atom is -0.384 e. The molecule has 1 saturated heterocycles. The number of carbonyl (C=O) groups excluding carboxylic acids is 1. The van der Waals surface area contributed by atoms with Crippen LogP contribution in [0.1, 0.15) is 67.8 Å². The number of aliphatic hydroxyl groups is 1. The number of likely N-dealkylation sites (tertiary alicyclic amines) is 1. The highest BCUT2D eigenvalue weighted by Crippen LogP contribution is 2.41. The monoisotopic (exact) mass is 761 g/mol. The summed E-state index contributed by atoms with van der Waals surface area (Å²) in [6.07, 6.45) is -4.95. The predicted octanol–water partition coefficient (Wildman–Crippen LogP) is 8.98. The summed E-state index contributed by atoms with van der Waals surface area (Å²) in [5.41, 5.74) is 0.346. The first-order valence-electron chi connectivity index (χ1n) is 21.6. The number of para-hydroxylation sites is 1. The van der Waals surface area contributed by atoms with Gasteiger partial charge < -0.3 is 24.5 Å². The van der Waals surface area contributed by atoms with Crippen molar-refractivity contribution in [3.8, 4) is 11.1 Å². The molecule has 6 nitrogen and oxygen atoms in total. The van der Waals surface area contributed by atoms with Gasteiger partial charge in [-0.2, -0.15) is 13.2 Å². The fraction of sp³-hybridized carbons (Fsp3) is 0.341. The van der Waals surface area contributed by atoms with Gasteiger partial charge in [-0.1, -0.05) is 66.7 Å². The molecule has 4 aromatic rings. The smallest absolute Gasteiger partial charge is 0.384 e. The molecule has 0 aliphatic carbocycles. The predicted molar refractivity (Wildman–Crippen MR) is 198 cm³/mol. The highest BCUT2D eigenvalue weighted by Gasteiger charge is 2.35. The van der Waals surface area contributed by atoms with Gasteiger partial charge in [-0.3, -0.25) is 4.79 Å². The van der Waals surface area contributed by atoms with E-state index in [1.165, 1.54) is 73.7 Å². The average molecular weight is 762 g/mol. The van der Waals surface area contributed by atoms with E-state index in [0.717, 1.165) is 44.7 Å². The van der Waals surface area contributed by atoms with Crippen molar-refractivity contribution in [1.82, 2.24) is 9.80 Å². The number of aliphatic hydroxyl groups excluding tert-OH is 1. The Kier molecular flexibility index (Phi) is 8.70. The fourth-order valence-electron chi connectivity index (χ4n) is 6.36. The number of anilines is 1. The van der Waals surface area contributed by atoms with E-state index in [9.17, 15) is 31.2 Å². The van der Waals surface area contributed by atoms with E-state index in [4.69, 9.17) is 9.60 Å². The van der Waals surface area contributed by atoms with Crippen LogP contribution in [0.15, 0.2) is 102 Å². The molecule has 2 aliphatic rings. The van der Waals surface area contributed by atoms with Crippen molar-refractivity contribution in [2.24, 2.45) is 0 Å². The van der Waals surface area contributed by atoms with Gasteiger partial charge in [0, 0.05) is 58.0 Å². The molecule has 6 rings (SSSR count). The molecule has 0 aromatic heterocycles. The van der Waals surface area contributed by atoms with Gasteiger partial charge in [0.2, 0.25) is 5.91 Å². The molecule has 12 heteroatoms. The van der Waals surface area contributed by atoms with Crippen molar-refractivity contribution in [2.75, 3.05) is 44.6 Å². The summed E-state index contributed by atoms with van der Waals surface area (Å²) in [4.78, 5) is 18.2. The van der Waals surface area contributed by atoms with Gasteiger partial charge in [-0.25, -0.2) is 8.78 Å². The van der Waals surface area contributed by atoms with E-state index in [2.05, 4.69) is 4.74 Å². The molecule has 0 spiro atoms. The highest BCUT2D eigenvalue weighted by atomic mass is 32.2. The third-order valence-electron chi connectivity index (χ3n) is 9.14. The Balaban J connectivity index is 1.39. The summed E-state index contributed by atoms with van der Waals surface area (Å²) in [7, 11) is -3.29. The van der Waals surface area contributed by atoms with Crippen LogP contribution >= 0.6 is 11.8 Å². The van der Waals surface area contributed by atoms with Gasteiger partial charge in [-0.15, -0.1) is 11.8 Å². The summed E-state index contributed by atoms with van der Waals surface area (Å²) >= 11 is 0.820. The largest absolute Gasteiger partial charge is 0.416 e. The lowest BCUT2D eigenvalue weighted by Crippen LogP contribution is -2.51. The Hall–Kier alpha value is -4.23. The summed E-state index contributed by atoms with van der Waals surface area (Å²) in [5.74, 6) is -3.78. The lowest BCUT2D eigenvalue weighted by molar-refractivity contribution is -0.137. The van der Waals surface area contributed by atoms with Crippen LogP contribution in [-0.4, -0.2) is 66.5 Å². The Morgan fingerprint density at radius 2 is 1.70 bits per heavy atom. The number of ether oxygens (including phenoxy) is 1. The normalized spacial score (nSPS) is 21.8. The van der Waals surface area contributed by atoms with Crippen LogP contribution in [0.3, 0.4) is 0 Å². The second kappa shape index (κ2) is 16.8. The van der Waals surface area contributed by atoms with Gasteiger partial charge in [0.1, 0.15) is 12.6 Å². The number of hydrogen-bond donors (Lipinski definition) is 1. The third kappa shape index (κ3) is 8.95. The van der Waals surface area contributed by atoms with Crippen LogP contribution in [0, 0.1) is 11.6 Å². The Morgan fingerprint density at radius 3 is 2.38 bits per heavy atom. The molecule has 4 aromatic carbocycles. The molecule has 0 saturated carbocycles. The molecule has 1 N–H and O–H groups in total. The zero-order valence-electron chi connectivity index (χ0n) is 38.3. The van der Waals surface area contributed by atoms with E-state index in [-0.39, 0.29) is 59.1 Å². The molecule has 2 atom stereocenters. The number of alkyl halides is 3. The van der Waals surface area contributed by atoms with Gasteiger partial charge in [-0.05, 0) is 66.8 Å². The first kappa shape index (κ1) is 27.4. The lowest BCUT2D eigenvalue weighted by Gasteiger charge is -2.43. The second-order valence-corrected chi connectivity index (χ2v) is 13.4. The van der Waals surface area contributed by atoms with Crippen molar-refractivity contribution in [3.63, 3.8) is 0 Å². The number of carbonyl (C=O) groups is 1. The second-order valence-electron chi connectivity index (χ2n) is 12.4. The molecule has 2 unspecified atom stereocenters. The van der Waals surface area contributed by atoms with E-state index in [1.807, 2.05) is 0 Å². The van der Waals surface area contributed by atoms with Crippen LogP contribution in [-0.2, 0) is 21.5 Å². The van der Waals surface area contributed by atoms with Crippen molar-refractivity contribution in [1.29, 1.82) is 0 Å². The first-order valence-corrected chi connectivity index (χ1v) is 17.6. The molecule has 1 amide bonds. The maximum absolute atomic E-state index is 15.2. The number of nitrogens with zero attached hydrogens (tertiary/aromatic N) is 3. The molecule has 2 heterocycles. The van der Waals surface area contributed by atoms with Gasteiger partial charge in [0.05, 0.1) is 34.1 Å². The number of rotatable bonds is 12. The van der Waals surface area contributed by atoms with Crippen molar-refractivity contribution in [3.05, 3.63) is 136 Å². The quantitative estimate of drug-likeness (QED) is 0.146. The molecule has 53 heavy (non-hydrogen) atoms. The molecule has 2 aliphatic heterocycles. The maximum atomic E-state index is 15.2. The molecular weight excluding hydrogens is 710 g/mol. The Labute approximate surface area is 324 Å². The number of thioether (sulfide) groups is 1. The van der Waals surface area contributed by atoms with E-state index < -0.39 is 74.0 Å². The van der Waals surface area contributed by atoms with E-state index >= 15 is 4.79 Å². The lowest BCUT2D eigenvalue weighted by atomic mass is 9.96. The van der Waals surface area contributed by atoms with Gasteiger partial charge >= 0.3 is 6.18 Å². The molecule has 1 fully saturated rings. The highest BCUT2D eigenvalue weighted by molar-refractivity contribution is 8.02. The molecule has 0 bridgehead atoms. The van der Waals surface area contributed by atoms with E-state index in [0.29, 0.717) is 11.1 Å². The van der Waals surface area contributed by atoms with E-state index in [1.54, 1.807) is 12.1 Å². The minimum atomic E-state index is -4.56. The Bertz CT molecular complexity index is 2330.